The second-order valence-electron chi connectivity index (χ2n) is 6.41. The van der Waals surface area contributed by atoms with E-state index in [1.54, 1.807) is 18.2 Å². The topological polar surface area (TPSA) is 51.0 Å². The van der Waals surface area contributed by atoms with E-state index >= 15 is 0 Å². The van der Waals surface area contributed by atoms with Crippen molar-refractivity contribution in [3.63, 3.8) is 0 Å². The SMILES string of the molecule is COc1ccc(Cl)cc1-c1[nH]c2c(C(F)(F)F)ccc(Cl)c2c1CCCCN. The summed E-state index contributed by atoms with van der Waals surface area (Å²) >= 11 is 12.5. The summed E-state index contributed by atoms with van der Waals surface area (Å²) in [6.07, 6.45) is -2.54. The molecule has 0 saturated heterocycles. The fraction of sp³-hybridized carbons (Fsp3) is 0.300. The van der Waals surface area contributed by atoms with Gasteiger partial charge in [0.05, 0.1) is 28.9 Å². The van der Waals surface area contributed by atoms with E-state index in [1.807, 2.05) is 0 Å². The van der Waals surface area contributed by atoms with Crippen molar-refractivity contribution in [3.8, 4) is 17.0 Å². The third-order valence-corrected chi connectivity index (χ3v) is 5.18. The van der Waals surface area contributed by atoms with Crippen LogP contribution in [0.2, 0.25) is 10.0 Å². The maximum absolute atomic E-state index is 13.6. The maximum Gasteiger partial charge on any atom is 0.418 e. The van der Waals surface area contributed by atoms with Crippen LogP contribution in [0.25, 0.3) is 22.2 Å². The lowest BCUT2D eigenvalue weighted by atomic mass is 9.98. The van der Waals surface area contributed by atoms with Crippen LogP contribution < -0.4 is 10.5 Å². The Hall–Kier alpha value is -1.89. The van der Waals surface area contributed by atoms with Crippen LogP contribution in [0.5, 0.6) is 5.75 Å². The van der Waals surface area contributed by atoms with Crippen molar-refractivity contribution in [1.82, 2.24) is 4.98 Å². The van der Waals surface area contributed by atoms with E-state index in [4.69, 9.17) is 33.7 Å². The number of aryl methyl sites for hydroxylation is 1. The number of aromatic amines is 1. The van der Waals surface area contributed by atoms with Crippen LogP contribution in [0.3, 0.4) is 0 Å². The lowest BCUT2D eigenvalue weighted by Gasteiger charge is -2.11. The van der Waals surface area contributed by atoms with Crippen LogP contribution in [-0.2, 0) is 12.6 Å². The highest BCUT2D eigenvalue weighted by atomic mass is 35.5. The van der Waals surface area contributed by atoms with E-state index in [2.05, 4.69) is 4.98 Å². The molecule has 150 valence electrons. The molecule has 3 N–H and O–H groups in total. The van der Waals surface area contributed by atoms with E-state index < -0.39 is 11.7 Å². The number of alkyl halides is 3. The zero-order valence-electron chi connectivity index (χ0n) is 15.1. The van der Waals surface area contributed by atoms with Crippen LogP contribution in [0.4, 0.5) is 13.2 Å². The number of halogens is 5. The van der Waals surface area contributed by atoms with E-state index in [-0.39, 0.29) is 10.5 Å². The van der Waals surface area contributed by atoms with Gasteiger partial charge in [-0.05, 0) is 61.7 Å². The van der Waals surface area contributed by atoms with Crippen molar-refractivity contribution < 1.29 is 17.9 Å². The summed E-state index contributed by atoms with van der Waals surface area (Å²) in [5, 5.41) is 1.07. The number of nitrogens with one attached hydrogen (secondary N) is 1. The van der Waals surface area contributed by atoms with E-state index in [9.17, 15) is 13.2 Å². The number of fused-ring (bicyclic) bond motifs is 1. The predicted octanol–water partition coefficient (Wildman–Crippen LogP) is 6.45. The van der Waals surface area contributed by atoms with Crippen molar-refractivity contribution >= 4 is 34.1 Å². The van der Waals surface area contributed by atoms with E-state index in [0.717, 1.165) is 12.5 Å². The first-order valence-electron chi connectivity index (χ1n) is 8.72. The first-order valence-corrected chi connectivity index (χ1v) is 9.47. The Morgan fingerprint density at radius 2 is 1.86 bits per heavy atom. The number of hydrogen-bond donors (Lipinski definition) is 2. The molecule has 3 nitrogen and oxygen atoms in total. The van der Waals surface area contributed by atoms with Gasteiger partial charge in [-0.2, -0.15) is 13.2 Å². The monoisotopic (exact) mass is 430 g/mol. The van der Waals surface area contributed by atoms with Gasteiger partial charge < -0.3 is 15.5 Å². The zero-order valence-corrected chi connectivity index (χ0v) is 16.6. The molecule has 0 unspecified atom stereocenters. The summed E-state index contributed by atoms with van der Waals surface area (Å²) in [5.41, 5.74) is 6.57. The van der Waals surface area contributed by atoms with Crippen molar-refractivity contribution in [2.75, 3.05) is 13.7 Å². The molecule has 3 rings (SSSR count). The Morgan fingerprint density at radius 3 is 2.50 bits per heavy atom. The van der Waals surface area contributed by atoms with Crippen LogP contribution in [0.1, 0.15) is 24.0 Å². The molecule has 0 saturated carbocycles. The summed E-state index contributed by atoms with van der Waals surface area (Å²) in [7, 11) is 1.50. The zero-order chi connectivity index (χ0) is 20.5. The molecule has 0 aliphatic carbocycles. The number of benzene rings is 2. The number of methoxy groups -OCH3 is 1. The van der Waals surface area contributed by atoms with Gasteiger partial charge in [-0.1, -0.05) is 23.2 Å². The second-order valence-corrected chi connectivity index (χ2v) is 7.26. The molecule has 1 heterocycles. The lowest BCUT2D eigenvalue weighted by molar-refractivity contribution is -0.136. The first-order chi connectivity index (χ1) is 13.3. The van der Waals surface area contributed by atoms with Gasteiger partial charge in [-0.15, -0.1) is 0 Å². The number of aromatic nitrogens is 1. The van der Waals surface area contributed by atoms with Crippen LogP contribution in [-0.4, -0.2) is 18.6 Å². The summed E-state index contributed by atoms with van der Waals surface area (Å²) in [5.74, 6) is 0.501. The molecule has 2 aromatic carbocycles. The summed E-state index contributed by atoms with van der Waals surface area (Å²) in [4.78, 5) is 2.95. The number of H-pyrrole nitrogens is 1. The minimum absolute atomic E-state index is 0.0419. The standard InChI is InChI=1S/C20H19Cl2F3N2O/c1-28-16-8-5-11(21)10-13(16)18-12(4-2-3-9-26)17-15(22)7-6-14(19(17)27-18)20(23,24)25/h5-8,10,27H,2-4,9,26H2,1H3. The minimum atomic E-state index is -4.52. The second kappa shape index (κ2) is 8.23. The van der Waals surface area contributed by atoms with Gasteiger partial charge in [0.1, 0.15) is 5.75 Å². The molecular weight excluding hydrogens is 412 g/mol. The maximum atomic E-state index is 13.6. The summed E-state index contributed by atoms with van der Waals surface area (Å²) < 4.78 is 46.2. The first kappa shape index (κ1) is 20.8. The highest BCUT2D eigenvalue weighted by Gasteiger charge is 2.35. The Balaban J connectivity index is 2.34. The van der Waals surface area contributed by atoms with E-state index in [0.29, 0.717) is 52.4 Å². The molecule has 8 heteroatoms. The molecule has 3 aromatic rings. The smallest absolute Gasteiger partial charge is 0.418 e. The number of ether oxygens (including phenoxy) is 1. The lowest BCUT2D eigenvalue weighted by Crippen LogP contribution is -2.05. The molecule has 28 heavy (non-hydrogen) atoms. The van der Waals surface area contributed by atoms with E-state index in [1.165, 1.54) is 13.2 Å². The quantitative estimate of drug-likeness (QED) is 0.441. The Morgan fingerprint density at radius 1 is 1.11 bits per heavy atom. The van der Waals surface area contributed by atoms with Crippen LogP contribution >= 0.6 is 23.2 Å². The van der Waals surface area contributed by atoms with Crippen molar-refractivity contribution in [2.45, 2.75) is 25.4 Å². The third kappa shape index (κ3) is 3.95. The Labute approximate surface area is 170 Å². The highest BCUT2D eigenvalue weighted by molar-refractivity contribution is 6.36. The number of nitrogens with two attached hydrogens (primary N) is 1. The van der Waals surface area contributed by atoms with Crippen molar-refractivity contribution in [3.05, 3.63) is 51.5 Å². The molecule has 0 bridgehead atoms. The van der Waals surface area contributed by atoms with Crippen LogP contribution in [0.15, 0.2) is 30.3 Å². The molecule has 0 spiro atoms. The molecule has 0 fully saturated rings. The van der Waals surface area contributed by atoms with Crippen molar-refractivity contribution in [2.24, 2.45) is 5.73 Å². The van der Waals surface area contributed by atoms with Gasteiger partial charge in [0.25, 0.3) is 0 Å². The average molecular weight is 431 g/mol. The van der Waals surface area contributed by atoms with Gasteiger partial charge in [0, 0.05) is 16.0 Å². The number of hydrogen-bond acceptors (Lipinski definition) is 2. The molecule has 0 atom stereocenters. The third-order valence-electron chi connectivity index (χ3n) is 4.63. The molecule has 0 aliphatic rings. The summed E-state index contributed by atoms with van der Waals surface area (Å²) in [6.45, 7) is 0.500. The normalized spacial score (nSPS) is 12.0. The van der Waals surface area contributed by atoms with Gasteiger partial charge >= 0.3 is 6.18 Å². The van der Waals surface area contributed by atoms with Crippen LogP contribution in [0, 0.1) is 0 Å². The molecular formula is C20H19Cl2F3N2O. The molecule has 1 aromatic heterocycles. The fourth-order valence-electron chi connectivity index (χ4n) is 3.37. The fourth-order valence-corrected chi connectivity index (χ4v) is 3.81. The summed E-state index contributed by atoms with van der Waals surface area (Å²) in [6, 6.07) is 7.28. The van der Waals surface area contributed by atoms with Gasteiger partial charge in [0.15, 0.2) is 0 Å². The average Bonchev–Trinajstić information content (AvgIpc) is 3.01. The number of unbranched alkanes of at least 4 members (excludes halogenated alkanes) is 1. The predicted molar refractivity (Wildman–Crippen MR) is 107 cm³/mol. The van der Waals surface area contributed by atoms with Gasteiger partial charge in [0.2, 0.25) is 0 Å². The Bertz CT molecular complexity index is 999. The Kier molecular flexibility index (Phi) is 6.12. The van der Waals surface area contributed by atoms with Crippen molar-refractivity contribution in [1.29, 1.82) is 0 Å². The number of rotatable bonds is 6. The molecule has 0 amide bonds. The van der Waals surface area contributed by atoms with Gasteiger partial charge in [-0.3, -0.25) is 0 Å². The largest absolute Gasteiger partial charge is 0.496 e. The van der Waals surface area contributed by atoms with Gasteiger partial charge in [-0.25, -0.2) is 0 Å². The molecule has 0 radical (unpaired) electrons. The highest BCUT2D eigenvalue weighted by Crippen LogP contribution is 2.44. The molecule has 0 aliphatic heterocycles. The minimum Gasteiger partial charge on any atom is -0.496 e.